The highest BCUT2D eigenvalue weighted by Gasteiger charge is 2.24. The van der Waals surface area contributed by atoms with Crippen LogP contribution in [0, 0.1) is 46.8 Å². The number of hydrogen-bond donors (Lipinski definition) is 0. The van der Waals surface area contributed by atoms with Crippen LogP contribution in [0.4, 0.5) is 22.0 Å². The Bertz CT molecular complexity index is 1280. The first-order valence-corrected chi connectivity index (χ1v) is 12.9. The minimum Gasteiger partial charge on any atom is -0.207 e. The third-order valence-electron chi connectivity index (χ3n) is 7.25. The molecule has 1 aliphatic rings. The van der Waals surface area contributed by atoms with Gasteiger partial charge >= 0.3 is 0 Å². The lowest BCUT2D eigenvalue weighted by Crippen LogP contribution is -2.13. The van der Waals surface area contributed by atoms with Crippen molar-refractivity contribution in [3.63, 3.8) is 0 Å². The Kier molecular flexibility index (Phi) is 8.67. The van der Waals surface area contributed by atoms with E-state index in [0.717, 1.165) is 61.8 Å². The van der Waals surface area contributed by atoms with Gasteiger partial charge in [-0.2, -0.15) is 0 Å². The second-order valence-corrected chi connectivity index (χ2v) is 9.88. The fourth-order valence-electron chi connectivity index (χ4n) is 5.18. The van der Waals surface area contributed by atoms with Gasteiger partial charge in [-0.25, -0.2) is 22.0 Å². The van der Waals surface area contributed by atoms with Gasteiger partial charge in [-0.15, -0.1) is 0 Å². The first kappa shape index (κ1) is 26.2. The van der Waals surface area contributed by atoms with Crippen LogP contribution in [-0.2, 0) is 6.42 Å². The van der Waals surface area contributed by atoms with Gasteiger partial charge in [0.2, 0.25) is 0 Å². The molecule has 0 bridgehead atoms. The molecule has 5 heteroatoms. The molecule has 0 saturated heterocycles. The summed E-state index contributed by atoms with van der Waals surface area (Å²) in [7, 11) is 0. The van der Waals surface area contributed by atoms with Crippen molar-refractivity contribution in [2.45, 2.75) is 77.0 Å². The summed E-state index contributed by atoms with van der Waals surface area (Å²) in [6.45, 7) is 2.19. The average molecular weight is 499 g/mol. The maximum atomic E-state index is 14.8. The van der Waals surface area contributed by atoms with Crippen LogP contribution in [-0.4, -0.2) is 0 Å². The van der Waals surface area contributed by atoms with Gasteiger partial charge < -0.3 is 0 Å². The number of benzene rings is 3. The van der Waals surface area contributed by atoms with Gasteiger partial charge in [-0.05, 0) is 85.2 Å². The van der Waals surface area contributed by atoms with Crippen molar-refractivity contribution in [1.29, 1.82) is 0 Å². The quantitative estimate of drug-likeness (QED) is 0.132. The summed E-state index contributed by atoms with van der Waals surface area (Å²) in [6, 6.07) is 8.86. The van der Waals surface area contributed by atoms with Gasteiger partial charge in [0.1, 0.15) is 11.6 Å². The van der Waals surface area contributed by atoms with Crippen LogP contribution in [0.3, 0.4) is 0 Å². The van der Waals surface area contributed by atoms with Crippen molar-refractivity contribution in [3.8, 4) is 11.8 Å². The maximum Gasteiger partial charge on any atom is 0.195 e. The molecule has 0 spiro atoms. The van der Waals surface area contributed by atoms with E-state index in [1.807, 2.05) is 6.07 Å². The molecule has 0 N–H and O–H groups in total. The molecule has 0 unspecified atom stereocenters. The predicted molar refractivity (Wildman–Crippen MR) is 134 cm³/mol. The molecule has 1 saturated carbocycles. The molecule has 1 fully saturated rings. The molecule has 0 atom stereocenters. The average Bonchev–Trinajstić information content (AvgIpc) is 2.86. The molecule has 190 valence electrons. The van der Waals surface area contributed by atoms with Crippen molar-refractivity contribution in [2.75, 3.05) is 0 Å². The summed E-state index contributed by atoms with van der Waals surface area (Å²) in [5, 5.41) is -0.649. The van der Waals surface area contributed by atoms with E-state index in [0.29, 0.717) is 0 Å². The maximum absolute atomic E-state index is 14.8. The monoisotopic (exact) mass is 498 g/mol. The molecule has 0 aliphatic heterocycles. The zero-order chi connectivity index (χ0) is 25.7. The number of unbranched alkanes of at least 4 members (excludes halogenated alkanes) is 4. The van der Waals surface area contributed by atoms with Crippen LogP contribution in [0.1, 0.15) is 87.3 Å². The van der Waals surface area contributed by atoms with Gasteiger partial charge in [0.15, 0.2) is 17.5 Å². The summed E-state index contributed by atoms with van der Waals surface area (Å²) >= 11 is 0. The standard InChI is InChI=1S/C31H31F5/c1-2-3-4-5-6-7-21-12-15-25(26(32)17-21)23-13-10-20(11-14-23)8-9-22-16-24-19-28(34)30(35)31(36)29(24)27(33)18-22/h12,15-20,23H,2-7,10-11,13-14H2,1H3. The summed E-state index contributed by atoms with van der Waals surface area (Å²) in [5.41, 5.74) is 2.10. The van der Waals surface area contributed by atoms with Crippen LogP contribution in [0.15, 0.2) is 36.4 Å². The van der Waals surface area contributed by atoms with E-state index >= 15 is 0 Å². The second-order valence-electron chi connectivity index (χ2n) is 9.88. The van der Waals surface area contributed by atoms with E-state index in [-0.39, 0.29) is 28.6 Å². The van der Waals surface area contributed by atoms with Crippen molar-refractivity contribution in [3.05, 3.63) is 82.2 Å². The van der Waals surface area contributed by atoms with E-state index in [4.69, 9.17) is 0 Å². The van der Waals surface area contributed by atoms with E-state index in [1.165, 1.54) is 31.7 Å². The number of halogens is 5. The molecule has 0 amide bonds. The minimum absolute atomic E-state index is 0.0701. The lowest BCUT2D eigenvalue weighted by molar-refractivity contribution is 0.376. The van der Waals surface area contributed by atoms with Crippen LogP contribution in [0.25, 0.3) is 10.8 Å². The molecule has 3 aromatic carbocycles. The fourth-order valence-corrected chi connectivity index (χ4v) is 5.18. The Morgan fingerprint density at radius 1 is 0.750 bits per heavy atom. The van der Waals surface area contributed by atoms with Crippen LogP contribution < -0.4 is 0 Å². The molecule has 4 rings (SSSR count). The fraction of sp³-hybridized carbons (Fsp3) is 0.419. The zero-order valence-corrected chi connectivity index (χ0v) is 20.6. The lowest BCUT2D eigenvalue weighted by atomic mass is 9.78. The highest BCUT2D eigenvalue weighted by Crippen LogP contribution is 2.37. The van der Waals surface area contributed by atoms with E-state index < -0.39 is 28.7 Å². The highest BCUT2D eigenvalue weighted by atomic mass is 19.2. The van der Waals surface area contributed by atoms with Crippen molar-refractivity contribution in [2.24, 2.45) is 5.92 Å². The molecule has 0 heterocycles. The minimum atomic E-state index is -1.69. The van der Waals surface area contributed by atoms with Crippen molar-refractivity contribution < 1.29 is 22.0 Å². The Morgan fingerprint density at radius 3 is 2.22 bits per heavy atom. The van der Waals surface area contributed by atoms with Crippen molar-refractivity contribution in [1.82, 2.24) is 0 Å². The number of hydrogen-bond acceptors (Lipinski definition) is 0. The third-order valence-corrected chi connectivity index (χ3v) is 7.25. The van der Waals surface area contributed by atoms with Crippen LogP contribution >= 0.6 is 0 Å². The molecular formula is C31H31F5. The Morgan fingerprint density at radius 2 is 1.50 bits per heavy atom. The normalized spacial score (nSPS) is 17.7. The summed E-state index contributed by atoms with van der Waals surface area (Å²) in [4.78, 5) is 0. The van der Waals surface area contributed by atoms with Gasteiger partial charge in [-0.3, -0.25) is 0 Å². The summed E-state index contributed by atoms with van der Waals surface area (Å²) in [6.07, 6.45) is 10.1. The Hall–Kier alpha value is -2.87. The molecule has 1 aliphatic carbocycles. The first-order chi connectivity index (χ1) is 17.4. The second kappa shape index (κ2) is 11.9. The van der Waals surface area contributed by atoms with Gasteiger partial charge in [0, 0.05) is 11.5 Å². The zero-order valence-electron chi connectivity index (χ0n) is 20.6. The topological polar surface area (TPSA) is 0 Å². The van der Waals surface area contributed by atoms with Crippen LogP contribution in [0.5, 0.6) is 0 Å². The highest BCUT2D eigenvalue weighted by molar-refractivity contribution is 5.85. The summed E-state index contributed by atoms with van der Waals surface area (Å²) in [5.74, 6) is 0.573. The molecule has 36 heavy (non-hydrogen) atoms. The molecular weight excluding hydrogens is 467 g/mol. The Balaban J connectivity index is 1.37. The largest absolute Gasteiger partial charge is 0.207 e. The number of fused-ring (bicyclic) bond motifs is 1. The third kappa shape index (κ3) is 6.09. The first-order valence-electron chi connectivity index (χ1n) is 12.9. The molecule has 0 radical (unpaired) electrons. The summed E-state index contributed by atoms with van der Waals surface area (Å²) < 4.78 is 70.2. The van der Waals surface area contributed by atoms with Gasteiger partial charge in [0.25, 0.3) is 0 Å². The molecule has 0 aromatic heterocycles. The van der Waals surface area contributed by atoms with Crippen molar-refractivity contribution >= 4 is 10.8 Å². The SMILES string of the molecule is CCCCCCCc1ccc(C2CCC(C#Cc3cc(F)c4c(F)c(F)c(F)cc4c3)CC2)c(F)c1. The van der Waals surface area contributed by atoms with E-state index in [9.17, 15) is 22.0 Å². The lowest BCUT2D eigenvalue weighted by Gasteiger charge is -2.26. The van der Waals surface area contributed by atoms with E-state index in [1.54, 1.807) is 6.07 Å². The molecule has 0 nitrogen and oxygen atoms in total. The molecule has 3 aromatic rings. The van der Waals surface area contributed by atoms with E-state index in [2.05, 4.69) is 24.8 Å². The van der Waals surface area contributed by atoms with Gasteiger partial charge in [0.05, 0.1) is 5.39 Å². The Labute approximate surface area is 209 Å². The predicted octanol–water partition coefficient (Wildman–Crippen LogP) is 9.37. The van der Waals surface area contributed by atoms with Gasteiger partial charge in [-0.1, -0.05) is 56.6 Å². The smallest absolute Gasteiger partial charge is 0.195 e. The number of rotatable bonds is 7. The van der Waals surface area contributed by atoms with Crippen LogP contribution in [0.2, 0.25) is 0 Å². The number of aryl methyl sites for hydroxylation is 1.